The van der Waals surface area contributed by atoms with Gasteiger partial charge in [0.25, 0.3) is 12.3 Å². The summed E-state index contributed by atoms with van der Waals surface area (Å²) in [4.78, 5) is 41.3. The number of alkyl halides is 3. The highest BCUT2D eigenvalue weighted by molar-refractivity contribution is 6.03. The molecular weight excluding hydrogens is 467 g/mol. The first-order chi connectivity index (χ1) is 16.5. The maximum absolute atomic E-state index is 13.0. The minimum Gasteiger partial charge on any atom is -0.437 e. The van der Waals surface area contributed by atoms with Gasteiger partial charge >= 0.3 is 6.43 Å². The zero-order valence-corrected chi connectivity index (χ0v) is 19.6. The van der Waals surface area contributed by atoms with Gasteiger partial charge in [0.2, 0.25) is 17.7 Å². The molecule has 1 saturated heterocycles. The van der Waals surface area contributed by atoms with Crippen molar-refractivity contribution < 1.29 is 27.5 Å². The Balaban J connectivity index is 1.37. The molecule has 0 bridgehead atoms. The maximum Gasteiger partial charge on any atom is 0.304 e. The molecule has 35 heavy (non-hydrogen) atoms. The summed E-state index contributed by atoms with van der Waals surface area (Å²) in [6, 6.07) is 2.07. The van der Waals surface area contributed by atoms with E-state index < -0.39 is 12.8 Å². The SMILES string of the molecule is Cc1nc(NC2CN(C(=O)c3ccc(OC(F)C(F)F)nc3)C2)nc2c1NC(=O)C(C(C)C)N2C. The highest BCUT2D eigenvalue weighted by atomic mass is 19.3. The molecule has 2 aromatic rings. The fourth-order valence-electron chi connectivity index (χ4n) is 4.12. The molecule has 2 unspecified atom stereocenters. The molecule has 2 N–H and O–H groups in total. The number of nitrogens with one attached hydrogen (secondary N) is 2. The van der Waals surface area contributed by atoms with Crippen LogP contribution < -0.4 is 20.3 Å². The summed E-state index contributed by atoms with van der Waals surface area (Å²) >= 11 is 0. The molecular formula is C22H26F3N7O3. The maximum atomic E-state index is 13.0. The Labute approximate surface area is 199 Å². The first kappa shape index (κ1) is 24.5. The number of likely N-dealkylation sites (tertiary alicyclic amines) is 1. The van der Waals surface area contributed by atoms with Crippen LogP contribution in [0.4, 0.5) is 30.6 Å². The van der Waals surface area contributed by atoms with Crippen LogP contribution in [-0.2, 0) is 4.79 Å². The fourth-order valence-corrected chi connectivity index (χ4v) is 4.12. The average molecular weight is 493 g/mol. The van der Waals surface area contributed by atoms with Crippen molar-refractivity contribution in [3.63, 3.8) is 0 Å². The Bertz CT molecular complexity index is 1110. The summed E-state index contributed by atoms with van der Waals surface area (Å²) in [6.07, 6.45) is -4.92. The van der Waals surface area contributed by atoms with Gasteiger partial charge in [-0.3, -0.25) is 9.59 Å². The molecule has 0 saturated carbocycles. The molecule has 4 heterocycles. The Hall–Kier alpha value is -3.64. The molecule has 2 aliphatic heterocycles. The van der Waals surface area contributed by atoms with Crippen LogP contribution in [0.15, 0.2) is 18.3 Å². The highest BCUT2D eigenvalue weighted by Gasteiger charge is 2.36. The smallest absolute Gasteiger partial charge is 0.304 e. The van der Waals surface area contributed by atoms with Crippen molar-refractivity contribution in [2.45, 2.75) is 45.6 Å². The number of carbonyl (C=O) groups is 2. The molecule has 2 aliphatic rings. The number of amides is 2. The molecule has 188 valence electrons. The number of carbonyl (C=O) groups excluding carboxylic acids is 2. The lowest BCUT2D eigenvalue weighted by molar-refractivity contribution is -0.118. The molecule has 0 spiro atoms. The van der Waals surface area contributed by atoms with E-state index in [0.29, 0.717) is 36.2 Å². The van der Waals surface area contributed by atoms with Crippen molar-refractivity contribution in [3.05, 3.63) is 29.6 Å². The number of aryl methyl sites for hydroxylation is 1. The number of ether oxygens (including phenoxy) is 1. The van der Waals surface area contributed by atoms with Gasteiger partial charge in [-0.1, -0.05) is 13.8 Å². The van der Waals surface area contributed by atoms with Gasteiger partial charge in [-0.25, -0.2) is 18.7 Å². The van der Waals surface area contributed by atoms with Gasteiger partial charge in [-0.2, -0.15) is 9.37 Å². The van der Waals surface area contributed by atoms with E-state index in [2.05, 4.69) is 30.3 Å². The molecule has 2 atom stereocenters. The summed E-state index contributed by atoms with van der Waals surface area (Å²) < 4.78 is 41.8. The first-order valence-corrected chi connectivity index (χ1v) is 11.1. The molecule has 2 amide bonds. The van der Waals surface area contributed by atoms with E-state index >= 15 is 0 Å². The van der Waals surface area contributed by atoms with Gasteiger partial charge in [0, 0.05) is 32.4 Å². The zero-order chi connectivity index (χ0) is 25.4. The Kier molecular flexibility index (Phi) is 6.68. The third kappa shape index (κ3) is 4.93. The van der Waals surface area contributed by atoms with Crippen LogP contribution >= 0.6 is 0 Å². The van der Waals surface area contributed by atoms with Crippen molar-refractivity contribution in [2.24, 2.45) is 5.92 Å². The topological polar surface area (TPSA) is 113 Å². The standard InChI is InChI=1S/C22H26F3N7O3/c1-10(2)16-20(33)29-15-11(3)27-22(30-19(15)31(16)4)28-13-8-32(9-13)21(34)12-5-6-14(26-7-12)35-18(25)17(23)24/h5-7,10,13,16-18H,8-9H2,1-4H3,(H,29,33)(H,27,28,30). The van der Waals surface area contributed by atoms with Gasteiger partial charge in [-0.05, 0) is 18.9 Å². The van der Waals surface area contributed by atoms with E-state index in [-0.39, 0.29) is 41.3 Å². The van der Waals surface area contributed by atoms with E-state index in [0.717, 1.165) is 6.20 Å². The van der Waals surface area contributed by atoms with Gasteiger partial charge in [-0.15, -0.1) is 0 Å². The predicted octanol–water partition coefficient (Wildman–Crippen LogP) is 2.47. The van der Waals surface area contributed by atoms with Crippen molar-refractivity contribution in [2.75, 3.05) is 35.7 Å². The fraction of sp³-hybridized carbons (Fsp3) is 0.500. The summed E-state index contributed by atoms with van der Waals surface area (Å²) in [5.74, 6) is 0.371. The number of halogens is 3. The van der Waals surface area contributed by atoms with Gasteiger partial charge in [0.15, 0.2) is 5.82 Å². The van der Waals surface area contributed by atoms with Crippen LogP contribution in [0.5, 0.6) is 5.88 Å². The van der Waals surface area contributed by atoms with Crippen LogP contribution in [-0.4, -0.2) is 76.7 Å². The van der Waals surface area contributed by atoms with Crippen molar-refractivity contribution in [1.29, 1.82) is 0 Å². The van der Waals surface area contributed by atoms with Crippen LogP contribution in [0, 0.1) is 12.8 Å². The van der Waals surface area contributed by atoms with E-state index in [9.17, 15) is 22.8 Å². The van der Waals surface area contributed by atoms with Crippen molar-refractivity contribution in [3.8, 4) is 5.88 Å². The number of likely N-dealkylation sites (N-methyl/N-ethyl adjacent to an activating group) is 1. The molecule has 0 radical (unpaired) electrons. The Morgan fingerprint density at radius 1 is 1.23 bits per heavy atom. The van der Waals surface area contributed by atoms with Gasteiger partial charge in [0.1, 0.15) is 11.7 Å². The van der Waals surface area contributed by atoms with Crippen molar-refractivity contribution >= 4 is 29.3 Å². The minimum absolute atomic E-state index is 0.0869. The van der Waals surface area contributed by atoms with Crippen LogP contribution in [0.1, 0.15) is 29.9 Å². The largest absolute Gasteiger partial charge is 0.437 e. The molecule has 13 heteroatoms. The highest BCUT2D eigenvalue weighted by Crippen LogP contribution is 2.34. The molecule has 0 aliphatic carbocycles. The van der Waals surface area contributed by atoms with E-state index in [1.165, 1.54) is 12.1 Å². The summed E-state index contributed by atoms with van der Waals surface area (Å²) in [5, 5.41) is 6.12. The predicted molar refractivity (Wildman–Crippen MR) is 122 cm³/mol. The molecule has 4 rings (SSSR count). The third-order valence-electron chi connectivity index (χ3n) is 5.89. The van der Waals surface area contributed by atoms with Gasteiger partial charge < -0.3 is 25.2 Å². The van der Waals surface area contributed by atoms with Crippen LogP contribution in [0.3, 0.4) is 0 Å². The van der Waals surface area contributed by atoms with Crippen LogP contribution in [0.2, 0.25) is 0 Å². The number of aromatic nitrogens is 3. The Morgan fingerprint density at radius 3 is 2.54 bits per heavy atom. The average Bonchev–Trinajstić information content (AvgIpc) is 2.76. The van der Waals surface area contributed by atoms with E-state index in [1.807, 2.05) is 25.8 Å². The number of rotatable bonds is 7. The second-order valence-electron chi connectivity index (χ2n) is 8.86. The zero-order valence-electron chi connectivity index (χ0n) is 19.6. The summed E-state index contributed by atoms with van der Waals surface area (Å²) in [7, 11) is 1.83. The normalized spacial score (nSPS) is 18.8. The molecule has 10 nitrogen and oxygen atoms in total. The van der Waals surface area contributed by atoms with E-state index in [1.54, 1.807) is 11.8 Å². The van der Waals surface area contributed by atoms with Crippen molar-refractivity contribution in [1.82, 2.24) is 19.9 Å². The number of fused-ring (bicyclic) bond motifs is 1. The monoisotopic (exact) mass is 493 g/mol. The summed E-state index contributed by atoms with van der Waals surface area (Å²) in [5.41, 5.74) is 1.43. The quantitative estimate of drug-likeness (QED) is 0.605. The lowest BCUT2D eigenvalue weighted by Crippen LogP contribution is -2.57. The van der Waals surface area contributed by atoms with Crippen LogP contribution in [0.25, 0.3) is 0 Å². The molecule has 2 aromatic heterocycles. The second kappa shape index (κ2) is 9.55. The lowest BCUT2D eigenvalue weighted by atomic mass is 9.99. The number of nitrogens with zero attached hydrogens (tertiary/aromatic N) is 5. The lowest BCUT2D eigenvalue weighted by Gasteiger charge is -2.40. The molecule has 0 aromatic carbocycles. The van der Waals surface area contributed by atoms with Gasteiger partial charge in [0.05, 0.1) is 17.3 Å². The third-order valence-corrected chi connectivity index (χ3v) is 5.89. The number of hydrogen-bond donors (Lipinski definition) is 2. The second-order valence-corrected chi connectivity index (χ2v) is 8.86. The molecule has 1 fully saturated rings. The number of hydrogen-bond acceptors (Lipinski definition) is 8. The Morgan fingerprint density at radius 2 is 1.94 bits per heavy atom. The summed E-state index contributed by atoms with van der Waals surface area (Å²) in [6.45, 7) is 6.50. The first-order valence-electron chi connectivity index (χ1n) is 11.1. The minimum atomic E-state index is -3.29. The van der Waals surface area contributed by atoms with E-state index in [4.69, 9.17) is 0 Å². The number of pyridine rings is 1. The number of anilines is 3.